The molecule has 0 aliphatic carbocycles. The van der Waals surface area contributed by atoms with Crippen LogP contribution in [-0.2, 0) is 4.74 Å². The third-order valence-corrected chi connectivity index (χ3v) is 3.08. The smallest absolute Gasteiger partial charge is 0.206 e. The summed E-state index contributed by atoms with van der Waals surface area (Å²) in [6.07, 6.45) is 4.46. The van der Waals surface area contributed by atoms with Gasteiger partial charge in [0.1, 0.15) is 5.01 Å². The number of anilines is 1. The topological polar surface area (TPSA) is 59.9 Å². The quantitative estimate of drug-likeness (QED) is 0.795. The summed E-state index contributed by atoms with van der Waals surface area (Å²) in [6, 6.07) is 3.85. The van der Waals surface area contributed by atoms with Crippen LogP contribution in [0.4, 0.5) is 5.13 Å². The molecule has 0 saturated heterocycles. The van der Waals surface area contributed by atoms with E-state index in [1.807, 2.05) is 12.1 Å². The molecule has 0 bridgehead atoms. The van der Waals surface area contributed by atoms with E-state index in [2.05, 4.69) is 20.5 Å². The number of hydrogen-bond donors (Lipinski definition) is 1. The monoisotopic (exact) mass is 250 g/mol. The first-order valence-electron chi connectivity index (χ1n) is 5.37. The summed E-state index contributed by atoms with van der Waals surface area (Å²) >= 11 is 1.54. The van der Waals surface area contributed by atoms with Crippen molar-refractivity contribution in [2.45, 2.75) is 6.42 Å². The van der Waals surface area contributed by atoms with Gasteiger partial charge < -0.3 is 10.1 Å². The number of methoxy groups -OCH3 is 1. The fourth-order valence-corrected chi connectivity index (χ4v) is 2.09. The molecule has 0 aliphatic rings. The zero-order valence-corrected chi connectivity index (χ0v) is 10.4. The molecule has 0 saturated carbocycles. The van der Waals surface area contributed by atoms with Crippen molar-refractivity contribution >= 4 is 16.5 Å². The Labute approximate surface area is 104 Å². The van der Waals surface area contributed by atoms with Crippen LogP contribution in [0.2, 0.25) is 0 Å². The maximum atomic E-state index is 4.97. The van der Waals surface area contributed by atoms with Crippen LogP contribution in [0.3, 0.4) is 0 Å². The van der Waals surface area contributed by atoms with Crippen molar-refractivity contribution in [3.8, 4) is 10.6 Å². The van der Waals surface area contributed by atoms with Crippen LogP contribution in [0.1, 0.15) is 6.42 Å². The average Bonchev–Trinajstić information content (AvgIpc) is 2.85. The molecule has 0 spiro atoms. The first-order chi connectivity index (χ1) is 8.40. The first-order valence-corrected chi connectivity index (χ1v) is 6.18. The Balaban J connectivity index is 1.92. The van der Waals surface area contributed by atoms with Crippen molar-refractivity contribution < 1.29 is 4.74 Å². The van der Waals surface area contributed by atoms with E-state index >= 15 is 0 Å². The highest BCUT2D eigenvalue weighted by Crippen LogP contribution is 2.25. The molecule has 0 amide bonds. The Morgan fingerprint density at radius 2 is 2.12 bits per heavy atom. The predicted octanol–water partition coefficient (Wildman–Crippen LogP) is 2.05. The number of nitrogens with zero attached hydrogens (tertiary/aromatic N) is 3. The van der Waals surface area contributed by atoms with Crippen LogP contribution in [0.25, 0.3) is 10.6 Å². The van der Waals surface area contributed by atoms with E-state index in [1.54, 1.807) is 30.8 Å². The number of hydrogen-bond acceptors (Lipinski definition) is 6. The molecular weight excluding hydrogens is 236 g/mol. The third kappa shape index (κ3) is 3.47. The number of pyridine rings is 1. The summed E-state index contributed by atoms with van der Waals surface area (Å²) in [6.45, 7) is 1.60. The van der Waals surface area contributed by atoms with Gasteiger partial charge in [-0.2, -0.15) is 0 Å². The standard InChI is InChI=1S/C11H14N4OS/c1-16-8-2-5-13-11-15-14-10(17-11)9-3-6-12-7-4-9/h3-4,6-7H,2,5,8H2,1H3,(H,13,15). The van der Waals surface area contributed by atoms with Crippen LogP contribution in [0.15, 0.2) is 24.5 Å². The van der Waals surface area contributed by atoms with Crippen molar-refractivity contribution in [3.05, 3.63) is 24.5 Å². The molecule has 2 aromatic heterocycles. The van der Waals surface area contributed by atoms with Gasteiger partial charge in [-0.25, -0.2) is 0 Å². The lowest BCUT2D eigenvalue weighted by Gasteiger charge is -1.99. The van der Waals surface area contributed by atoms with Gasteiger partial charge in [-0.1, -0.05) is 11.3 Å². The van der Waals surface area contributed by atoms with Gasteiger partial charge in [0.05, 0.1) is 0 Å². The minimum absolute atomic E-state index is 0.753. The van der Waals surface area contributed by atoms with E-state index in [0.717, 1.165) is 35.3 Å². The number of nitrogens with one attached hydrogen (secondary N) is 1. The molecule has 5 nitrogen and oxygen atoms in total. The maximum Gasteiger partial charge on any atom is 0.206 e. The third-order valence-electron chi connectivity index (χ3n) is 2.15. The maximum absolute atomic E-state index is 4.97. The molecular formula is C11H14N4OS. The van der Waals surface area contributed by atoms with Gasteiger partial charge in [0.25, 0.3) is 0 Å². The van der Waals surface area contributed by atoms with Crippen molar-refractivity contribution in [1.29, 1.82) is 0 Å². The Morgan fingerprint density at radius 1 is 1.29 bits per heavy atom. The Kier molecular flexibility index (Phi) is 4.40. The highest BCUT2D eigenvalue weighted by Gasteiger charge is 2.05. The summed E-state index contributed by atoms with van der Waals surface area (Å²) in [7, 11) is 1.70. The highest BCUT2D eigenvalue weighted by atomic mass is 32.1. The van der Waals surface area contributed by atoms with Gasteiger partial charge in [0, 0.05) is 38.2 Å². The molecule has 0 atom stereocenters. The lowest BCUT2D eigenvalue weighted by atomic mass is 10.3. The van der Waals surface area contributed by atoms with Crippen LogP contribution in [0, 0.1) is 0 Å². The Hall–Kier alpha value is -1.53. The second-order valence-electron chi connectivity index (χ2n) is 3.42. The van der Waals surface area contributed by atoms with Crippen LogP contribution in [-0.4, -0.2) is 35.4 Å². The highest BCUT2D eigenvalue weighted by molar-refractivity contribution is 7.18. The van der Waals surface area contributed by atoms with E-state index in [1.165, 1.54) is 0 Å². The second kappa shape index (κ2) is 6.27. The molecule has 6 heteroatoms. The van der Waals surface area contributed by atoms with Gasteiger partial charge in [0.2, 0.25) is 5.13 Å². The van der Waals surface area contributed by atoms with Crippen molar-refractivity contribution in [3.63, 3.8) is 0 Å². The van der Waals surface area contributed by atoms with Crippen molar-refractivity contribution in [2.75, 3.05) is 25.6 Å². The summed E-state index contributed by atoms with van der Waals surface area (Å²) in [5.41, 5.74) is 1.04. The lowest BCUT2D eigenvalue weighted by Crippen LogP contribution is -2.04. The molecule has 90 valence electrons. The molecule has 1 N–H and O–H groups in total. The van der Waals surface area contributed by atoms with Crippen LogP contribution < -0.4 is 5.32 Å². The second-order valence-corrected chi connectivity index (χ2v) is 4.40. The van der Waals surface area contributed by atoms with Crippen LogP contribution >= 0.6 is 11.3 Å². The number of aromatic nitrogens is 3. The van der Waals surface area contributed by atoms with Crippen molar-refractivity contribution in [2.24, 2.45) is 0 Å². The van der Waals surface area contributed by atoms with Gasteiger partial charge in [0.15, 0.2) is 0 Å². The molecule has 2 rings (SSSR count). The van der Waals surface area contributed by atoms with E-state index in [4.69, 9.17) is 4.74 Å². The lowest BCUT2D eigenvalue weighted by molar-refractivity contribution is 0.198. The summed E-state index contributed by atoms with van der Waals surface area (Å²) in [5.74, 6) is 0. The average molecular weight is 250 g/mol. The molecule has 0 fully saturated rings. The fraction of sp³-hybridized carbons (Fsp3) is 0.364. The normalized spacial score (nSPS) is 10.4. The van der Waals surface area contributed by atoms with Gasteiger partial charge >= 0.3 is 0 Å². The summed E-state index contributed by atoms with van der Waals surface area (Å²) < 4.78 is 4.97. The number of ether oxygens (including phenoxy) is 1. The summed E-state index contributed by atoms with van der Waals surface area (Å²) in [5, 5.41) is 13.2. The Bertz CT molecular complexity index is 446. The molecule has 0 aromatic carbocycles. The fourth-order valence-electron chi connectivity index (χ4n) is 1.32. The van der Waals surface area contributed by atoms with Gasteiger partial charge in [-0.15, -0.1) is 10.2 Å². The van der Waals surface area contributed by atoms with E-state index in [-0.39, 0.29) is 0 Å². The van der Waals surface area contributed by atoms with Crippen molar-refractivity contribution in [1.82, 2.24) is 15.2 Å². The minimum Gasteiger partial charge on any atom is -0.385 e. The molecule has 0 aliphatic heterocycles. The van der Waals surface area contributed by atoms with Gasteiger partial charge in [-0.05, 0) is 18.6 Å². The molecule has 17 heavy (non-hydrogen) atoms. The zero-order chi connectivity index (χ0) is 11.9. The Morgan fingerprint density at radius 3 is 2.88 bits per heavy atom. The SMILES string of the molecule is COCCCNc1nnc(-c2ccncc2)s1. The van der Waals surface area contributed by atoms with E-state index < -0.39 is 0 Å². The number of rotatable bonds is 6. The summed E-state index contributed by atoms with van der Waals surface area (Å²) in [4.78, 5) is 3.97. The van der Waals surface area contributed by atoms with Gasteiger partial charge in [-0.3, -0.25) is 4.98 Å². The predicted molar refractivity (Wildman–Crippen MR) is 68.1 cm³/mol. The van der Waals surface area contributed by atoms with E-state index in [9.17, 15) is 0 Å². The molecule has 2 heterocycles. The zero-order valence-electron chi connectivity index (χ0n) is 9.59. The minimum atomic E-state index is 0.753. The van der Waals surface area contributed by atoms with Crippen LogP contribution in [0.5, 0.6) is 0 Å². The molecule has 2 aromatic rings. The molecule has 0 radical (unpaired) electrons. The molecule has 0 unspecified atom stereocenters. The van der Waals surface area contributed by atoms with E-state index in [0.29, 0.717) is 0 Å². The first kappa shape index (κ1) is 11.9. The largest absolute Gasteiger partial charge is 0.385 e.